The van der Waals surface area contributed by atoms with Gasteiger partial charge in [-0.1, -0.05) is 11.8 Å². The zero-order chi connectivity index (χ0) is 28.5. The van der Waals surface area contributed by atoms with E-state index < -0.39 is 12.2 Å². The first-order valence-electron chi connectivity index (χ1n) is 10.8. The standard InChI is InChI=1S/C18H34N4O10S7/c23-10-36-15-38-13-28-18(26)22-9-34-7-19-5-30-29-2-4-33-3-1-21-17(25)27-12-35-8-20-6-31-32-14-39-16-37-11-24/h5-6,23-24H,1-4,7-16H2,(H,21,25)(H,22,26)/b19-5+,20-6+. The van der Waals surface area contributed by atoms with E-state index in [1.807, 2.05) is 0 Å². The van der Waals surface area contributed by atoms with Crippen LogP contribution in [0.1, 0.15) is 0 Å². The molecule has 228 valence electrons. The van der Waals surface area contributed by atoms with Gasteiger partial charge in [0.15, 0.2) is 0 Å². The molecule has 0 saturated heterocycles. The molecule has 2 amide bonds. The molecule has 0 aromatic heterocycles. The molecular weight excluding hydrogens is 657 g/mol. The van der Waals surface area contributed by atoms with E-state index in [9.17, 15) is 9.59 Å². The molecule has 0 saturated carbocycles. The van der Waals surface area contributed by atoms with Gasteiger partial charge < -0.3 is 40.1 Å². The number of nitrogens with zero attached hydrogens (tertiary/aromatic N) is 2. The van der Waals surface area contributed by atoms with E-state index >= 15 is 0 Å². The van der Waals surface area contributed by atoms with Crippen molar-refractivity contribution < 1.29 is 48.8 Å². The molecule has 0 spiro atoms. The van der Waals surface area contributed by atoms with E-state index in [1.165, 1.54) is 83.4 Å². The molecule has 21 heteroatoms. The first-order valence-corrected chi connectivity index (χ1v) is 18.9. The van der Waals surface area contributed by atoms with Gasteiger partial charge >= 0.3 is 12.2 Å². The summed E-state index contributed by atoms with van der Waals surface area (Å²) in [5, 5.41) is 23.8. The minimum Gasteiger partial charge on any atom is -0.438 e. The van der Waals surface area contributed by atoms with Crippen molar-refractivity contribution in [2.75, 3.05) is 82.2 Å². The molecule has 0 aliphatic rings. The summed E-state index contributed by atoms with van der Waals surface area (Å²) in [4.78, 5) is 50.2. The molecule has 0 radical (unpaired) electrons. The Kier molecular flexibility index (Phi) is 33.8. The second-order valence-electron chi connectivity index (χ2n) is 5.76. The second kappa shape index (κ2) is 34.0. The van der Waals surface area contributed by atoms with Crippen molar-refractivity contribution in [1.82, 2.24) is 10.6 Å². The summed E-state index contributed by atoms with van der Waals surface area (Å²) in [7, 11) is 0. The van der Waals surface area contributed by atoms with Crippen LogP contribution in [-0.4, -0.2) is 117 Å². The molecule has 0 atom stereocenters. The lowest BCUT2D eigenvalue weighted by Gasteiger charge is -2.06. The number of hydrogen-bond donors (Lipinski definition) is 4. The van der Waals surface area contributed by atoms with Gasteiger partial charge in [0.05, 0.1) is 29.5 Å². The maximum atomic E-state index is 11.6. The highest BCUT2D eigenvalue weighted by atomic mass is 32.2. The van der Waals surface area contributed by atoms with Crippen LogP contribution in [0.15, 0.2) is 9.98 Å². The van der Waals surface area contributed by atoms with Gasteiger partial charge in [0.1, 0.15) is 24.4 Å². The number of hydrogen-bond acceptors (Lipinski definition) is 19. The molecule has 0 heterocycles. The summed E-state index contributed by atoms with van der Waals surface area (Å²) in [6.07, 6.45) is 1.36. The predicted molar refractivity (Wildman–Crippen MR) is 166 cm³/mol. The van der Waals surface area contributed by atoms with Crippen LogP contribution >= 0.6 is 82.3 Å². The molecular formula is C18H34N4O10S7. The summed E-state index contributed by atoms with van der Waals surface area (Å²) in [5.41, 5.74) is 0. The van der Waals surface area contributed by atoms with E-state index in [2.05, 4.69) is 20.6 Å². The van der Waals surface area contributed by atoms with E-state index in [0.717, 1.165) is 0 Å². The van der Waals surface area contributed by atoms with Crippen LogP contribution in [0.3, 0.4) is 0 Å². The fourth-order valence-electron chi connectivity index (χ4n) is 1.56. The van der Waals surface area contributed by atoms with E-state index in [0.29, 0.717) is 58.4 Å². The summed E-state index contributed by atoms with van der Waals surface area (Å²) < 4.78 is 9.94. The average Bonchev–Trinajstić information content (AvgIpc) is 2.93. The van der Waals surface area contributed by atoms with Crippen molar-refractivity contribution in [2.45, 2.75) is 0 Å². The van der Waals surface area contributed by atoms with Crippen LogP contribution in [0.5, 0.6) is 0 Å². The molecule has 0 rings (SSSR count). The number of aliphatic hydroxyl groups is 2. The van der Waals surface area contributed by atoms with Crippen molar-refractivity contribution in [3.8, 4) is 0 Å². The van der Waals surface area contributed by atoms with E-state index in [4.69, 9.17) is 39.2 Å². The summed E-state index contributed by atoms with van der Waals surface area (Å²) in [6, 6.07) is 0. The lowest BCUT2D eigenvalue weighted by molar-refractivity contribution is -0.210. The normalized spacial score (nSPS) is 11.1. The van der Waals surface area contributed by atoms with Crippen LogP contribution in [0.2, 0.25) is 0 Å². The van der Waals surface area contributed by atoms with Gasteiger partial charge in [-0.25, -0.2) is 19.6 Å². The van der Waals surface area contributed by atoms with Gasteiger partial charge in [-0.2, -0.15) is 21.5 Å². The number of carbonyl (C=O) groups excluding carboxylic acids is 2. The number of nitrogens with one attached hydrogen (secondary N) is 2. The molecule has 0 aromatic carbocycles. The van der Waals surface area contributed by atoms with E-state index in [1.54, 1.807) is 11.8 Å². The lowest BCUT2D eigenvalue weighted by atomic mass is 10.7. The molecule has 0 aliphatic heterocycles. The Bertz CT molecular complexity index is 633. The maximum Gasteiger partial charge on any atom is 0.408 e. The number of aliphatic hydroxyl groups excluding tert-OH is 2. The predicted octanol–water partition coefficient (Wildman–Crippen LogP) is 3.08. The Morgan fingerprint density at radius 1 is 0.692 bits per heavy atom. The van der Waals surface area contributed by atoms with Crippen LogP contribution in [0.25, 0.3) is 0 Å². The number of thioether (sulfide) groups is 7. The highest BCUT2D eigenvalue weighted by Crippen LogP contribution is 2.11. The van der Waals surface area contributed by atoms with Crippen LogP contribution in [-0.2, 0) is 29.0 Å². The number of rotatable bonds is 28. The molecule has 0 aromatic rings. The minimum atomic E-state index is -0.507. The van der Waals surface area contributed by atoms with Gasteiger partial charge in [0.25, 0.3) is 0 Å². The fraction of sp³-hybridized carbons (Fsp3) is 0.778. The third-order valence-corrected chi connectivity index (χ3v) is 8.87. The molecule has 0 bridgehead atoms. The monoisotopic (exact) mass is 690 g/mol. The zero-order valence-electron chi connectivity index (χ0n) is 21.0. The van der Waals surface area contributed by atoms with E-state index in [-0.39, 0.29) is 23.8 Å². The third-order valence-electron chi connectivity index (χ3n) is 3.04. The van der Waals surface area contributed by atoms with Gasteiger partial charge in [-0.05, 0) is 0 Å². The number of carbonyl (C=O) groups is 2. The van der Waals surface area contributed by atoms with Crippen molar-refractivity contribution >= 4 is 107 Å². The highest BCUT2D eigenvalue weighted by Gasteiger charge is 2.02. The van der Waals surface area contributed by atoms with Gasteiger partial charge in [-0.15, -0.1) is 58.8 Å². The Morgan fingerprint density at radius 2 is 1.31 bits per heavy atom. The average molecular weight is 691 g/mol. The largest absolute Gasteiger partial charge is 0.438 e. The van der Waals surface area contributed by atoms with Crippen LogP contribution in [0.4, 0.5) is 9.59 Å². The lowest BCUT2D eigenvalue weighted by Crippen LogP contribution is -2.26. The molecule has 39 heavy (non-hydrogen) atoms. The molecule has 14 nitrogen and oxygen atoms in total. The van der Waals surface area contributed by atoms with Gasteiger partial charge in [0, 0.05) is 28.2 Å². The summed E-state index contributed by atoms with van der Waals surface area (Å²) in [6.45, 7) is 0.805. The van der Waals surface area contributed by atoms with Crippen molar-refractivity contribution in [3.05, 3.63) is 0 Å². The Morgan fingerprint density at radius 3 is 2.03 bits per heavy atom. The third kappa shape index (κ3) is 33.9. The van der Waals surface area contributed by atoms with Crippen LogP contribution in [0, 0.1) is 0 Å². The van der Waals surface area contributed by atoms with Gasteiger partial charge in [0.2, 0.25) is 12.8 Å². The fourth-order valence-corrected chi connectivity index (χ4v) is 5.51. The number of amides is 2. The summed E-state index contributed by atoms with van der Waals surface area (Å²) in [5.74, 6) is 3.27. The zero-order valence-corrected chi connectivity index (χ0v) is 26.7. The molecule has 0 fully saturated rings. The Labute approximate surface area is 257 Å². The van der Waals surface area contributed by atoms with Crippen LogP contribution < -0.4 is 10.6 Å². The second-order valence-corrected chi connectivity index (χ2v) is 13.4. The minimum absolute atomic E-state index is 0.0448. The number of alkyl carbamates (subject to hydrolysis) is 2. The first kappa shape index (κ1) is 38.8. The molecule has 4 N–H and O–H groups in total. The van der Waals surface area contributed by atoms with Crippen molar-refractivity contribution in [3.63, 3.8) is 0 Å². The SMILES string of the molecule is O=C(NCCSCCOO/C=N/CSCNC(=O)OCSCSCO)OCSC/N=C/OOCSCSCO. The quantitative estimate of drug-likeness (QED) is 0.0235. The maximum absolute atomic E-state index is 11.6. The molecule has 0 aliphatic carbocycles. The van der Waals surface area contributed by atoms with Crippen molar-refractivity contribution in [1.29, 1.82) is 0 Å². The summed E-state index contributed by atoms with van der Waals surface area (Å²) >= 11 is 9.80. The van der Waals surface area contributed by atoms with Crippen molar-refractivity contribution in [2.24, 2.45) is 9.98 Å². The van der Waals surface area contributed by atoms with Gasteiger partial charge in [-0.3, -0.25) is 0 Å². The smallest absolute Gasteiger partial charge is 0.408 e. The number of aliphatic imine (C=N–C) groups is 2. The highest BCUT2D eigenvalue weighted by molar-refractivity contribution is 8.16. The number of ether oxygens (including phenoxy) is 2. The molecule has 0 unspecified atom stereocenters. The topological polar surface area (TPSA) is 179 Å². The first-order chi connectivity index (χ1) is 19.2. The Hall–Kier alpha value is -0.230. The Balaban J connectivity index is 3.31.